The summed E-state index contributed by atoms with van der Waals surface area (Å²) in [6, 6.07) is 8.36. The highest BCUT2D eigenvalue weighted by Crippen LogP contribution is 2.20. The standard InChI is InChI=1S/C20H30N2O/c23-20(22-14-3-1-2-4-15-22)19-7-5-6-18(16-19)9-8-17-10-12-21-13-11-17/h5-7,16-17,21H,1-4,8-15H2. The molecule has 2 saturated heterocycles. The number of rotatable bonds is 4. The van der Waals surface area contributed by atoms with Crippen molar-refractivity contribution >= 4 is 5.91 Å². The van der Waals surface area contributed by atoms with Gasteiger partial charge in [0.05, 0.1) is 0 Å². The van der Waals surface area contributed by atoms with Gasteiger partial charge in [-0.15, -0.1) is 0 Å². The molecule has 2 fully saturated rings. The van der Waals surface area contributed by atoms with E-state index in [9.17, 15) is 4.79 Å². The zero-order chi connectivity index (χ0) is 15.9. The summed E-state index contributed by atoms with van der Waals surface area (Å²) in [6.07, 6.45) is 9.79. The molecular formula is C20H30N2O. The molecule has 1 N–H and O–H groups in total. The van der Waals surface area contributed by atoms with Crippen molar-refractivity contribution < 1.29 is 4.79 Å². The lowest BCUT2D eigenvalue weighted by Gasteiger charge is -2.23. The van der Waals surface area contributed by atoms with Gasteiger partial charge in [-0.05, 0) is 75.2 Å². The normalized spacial score (nSPS) is 20.3. The highest BCUT2D eigenvalue weighted by atomic mass is 16.2. The zero-order valence-electron chi connectivity index (χ0n) is 14.2. The van der Waals surface area contributed by atoms with Crippen molar-refractivity contribution in [3.8, 4) is 0 Å². The first-order chi connectivity index (χ1) is 11.3. The summed E-state index contributed by atoms with van der Waals surface area (Å²) in [6.45, 7) is 4.19. The second-order valence-electron chi connectivity index (χ2n) is 7.14. The number of carbonyl (C=O) groups is 1. The van der Waals surface area contributed by atoms with Crippen LogP contribution in [0.2, 0.25) is 0 Å². The van der Waals surface area contributed by atoms with Crippen molar-refractivity contribution in [2.45, 2.75) is 51.4 Å². The van der Waals surface area contributed by atoms with Gasteiger partial charge in [0.2, 0.25) is 0 Å². The molecular weight excluding hydrogens is 284 g/mol. The maximum Gasteiger partial charge on any atom is 0.253 e. The van der Waals surface area contributed by atoms with Gasteiger partial charge in [-0.25, -0.2) is 0 Å². The smallest absolute Gasteiger partial charge is 0.253 e. The molecule has 1 aromatic rings. The molecule has 1 aromatic carbocycles. The number of aryl methyl sites for hydroxylation is 1. The van der Waals surface area contributed by atoms with Crippen molar-refractivity contribution in [3.63, 3.8) is 0 Å². The molecule has 2 aliphatic heterocycles. The molecule has 0 radical (unpaired) electrons. The van der Waals surface area contributed by atoms with E-state index in [1.165, 1.54) is 37.7 Å². The quantitative estimate of drug-likeness (QED) is 0.920. The molecule has 0 atom stereocenters. The minimum atomic E-state index is 0.232. The van der Waals surface area contributed by atoms with Gasteiger partial charge < -0.3 is 10.2 Å². The molecule has 23 heavy (non-hydrogen) atoms. The maximum atomic E-state index is 12.7. The Kier molecular flexibility index (Phi) is 6.09. The summed E-state index contributed by atoms with van der Waals surface area (Å²) in [7, 11) is 0. The Morgan fingerprint density at radius 2 is 1.83 bits per heavy atom. The molecule has 3 nitrogen and oxygen atoms in total. The Bertz CT molecular complexity index is 500. The highest BCUT2D eigenvalue weighted by molar-refractivity contribution is 5.94. The predicted octanol–water partition coefficient (Wildman–Crippen LogP) is 3.64. The summed E-state index contributed by atoms with van der Waals surface area (Å²) in [4.78, 5) is 14.8. The van der Waals surface area contributed by atoms with Crippen LogP contribution < -0.4 is 5.32 Å². The van der Waals surface area contributed by atoms with Crippen LogP contribution in [0.15, 0.2) is 24.3 Å². The van der Waals surface area contributed by atoms with E-state index >= 15 is 0 Å². The van der Waals surface area contributed by atoms with E-state index in [0.29, 0.717) is 0 Å². The molecule has 2 heterocycles. The molecule has 0 aromatic heterocycles. The van der Waals surface area contributed by atoms with E-state index in [4.69, 9.17) is 0 Å². The van der Waals surface area contributed by atoms with E-state index in [-0.39, 0.29) is 5.91 Å². The van der Waals surface area contributed by atoms with Crippen molar-refractivity contribution in [1.82, 2.24) is 10.2 Å². The Balaban J connectivity index is 1.58. The van der Waals surface area contributed by atoms with E-state index in [0.717, 1.165) is 56.9 Å². The van der Waals surface area contributed by atoms with E-state index in [2.05, 4.69) is 28.4 Å². The minimum Gasteiger partial charge on any atom is -0.339 e. The van der Waals surface area contributed by atoms with Crippen LogP contribution in [-0.2, 0) is 6.42 Å². The van der Waals surface area contributed by atoms with Crippen molar-refractivity contribution in [1.29, 1.82) is 0 Å². The van der Waals surface area contributed by atoms with Crippen molar-refractivity contribution in [2.24, 2.45) is 5.92 Å². The van der Waals surface area contributed by atoms with Crippen molar-refractivity contribution in [3.05, 3.63) is 35.4 Å². The maximum absolute atomic E-state index is 12.7. The van der Waals surface area contributed by atoms with Gasteiger partial charge in [0.15, 0.2) is 0 Å². The first kappa shape index (κ1) is 16.5. The molecule has 3 rings (SSSR count). The lowest BCUT2D eigenvalue weighted by atomic mass is 9.91. The van der Waals surface area contributed by atoms with E-state index in [1.54, 1.807) is 0 Å². The van der Waals surface area contributed by atoms with Crippen LogP contribution in [0.25, 0.3) is 0 Å². The van der Waals surface area contributed by atoms with Crippen LogP contribution >= 0.6 is 0 Å². The molecule has 2 aliphatic rings. The highest BCUT2D eigenvalue weighted by Gasteiger charge is 2.18. The van der Waals surface area contributed by atoms with E-state index < -0.39 is 0 Å². The van der Waals surface area contributed by atoms with Crippen LogP contribution in [0.5, 0.6) is 0 Å². The predicted molar refractivity (Wildman–Crippen MR) is 94.7 cm³/mol. The summed E-state index contributed by atoms with van der Waals surface area (Å²) in [5, 5.41) is 3.43. The van der Waals surface area contributed by atoms with Gasteiger partial charge in [-0.2, -0.15) is 0 Å². The minimum absolute atomic E-state index is 0.232. The van der Waals surface area contributed by atoms with E-state index in [1.807, 2.05) is 6.07 Å². The first-order valence-electron chi connectivity index (χ1n) is 9.42. The first-order valence-corrected chi connectivity index (χ1v) is 9.42. The summed E-state index contributed by atoms with van der Waals surface area (Å²) >= 11 is 0. The molecule has 1 amide bonds. The van der Waals surface area contributed by atoms with Gasteiger partial charge in [-0.3, -0.25) is 4.79 Å². The molecule has 0 saturated carbocycles. The largest absolute Gasteiger partial charge is 0.339 e. The number of likely N-dealkylation sites (tertiary alicyclic amines) is 1. The third kappa shape index (κ3) is 4.81. The number of amides is 1. The van der Waals surface area contributed by atoms with Crippen LogP contribution in [0.4, 0.5) is 0 Å². The van der Waals surface area contributed by atoms with Gasteiger partial charge in [0, 0.05) is 18.7 Å². The SMILES string of the molecule is O=C(c1cccc(CCC2CCNCC2)c1)N1CCCCCC1. The monoisotopic (exact) mass is 314 g/mol. The van der Waals surface area contributed by atoms with Crippen LogP contribution in [0.1, 0.15) is 60.9 Å². The third-order valence-corrected chi connectivity index (χ3v) is 5.37. The Morgan fingerprint density at radius 1 is 1.09 bits per heavy atom. The second-order valence-corrected chi connectivity index (χ2v) is 7.14. The molecule has 126 valence electrons. The van der Waals surface area contributed by atoms with Crippen LogP contribution in [0.3, 0.4) is 0 Å². The molecule has 0 spiro atoms. The number of benzene rings is 1. The Labute approximate surface area is 140 Å². The lowest BCUT2D eigenvalue weighted by molar-refractivity contribution is 0.0761. The number of hydrogen-bond acceptors (Lipinski definition) is 2. The number of nitrogens with zero attached hydrogens (tertiary/aromatic N) is 1. The average Bonchev–Trinajstić information content (AvgIpc) is 2.90. The topological polar surface area (TPSA) is 32.3 Å². The summed E-state index contributed by atoms with van der Waals surface area (Å²) in [5.41, 5.74) is 2.21. The summed E-state index contributed by atoms with van der Waals surface area (Å²) < 4.78 is 0. The van der Waals surface area contributed by atoms with Gasteiger partial charge >= 0.3 is 0 Å². The average molecular weight is 314 g/mol. The van der Waals surface area contributed by atoms with Gasteiger partial charge in [0.25, 0.3) is 5.91 Å². The lowest BCUT2D eigenvalue weighted by Crippen LogP contribution is -2.31. The van der Waals surface area contributed by atoms with Crippen LogP contribution in [-0.4, -0.2) is 37.0 Å². The number of nitrogens with one attached hydrogen (secondary N) is 1. The third-order valence-electron chi connectivity index (χ3n) is 5.37. The Morgan fingerprint density at radius 3 is 2.57 bits per heavy atom. The molecule has 0 bridgehead atoms. The fraction of sp³-hybridized carbons (Fsp3) is 0.650. The second kappa shape index (κ2) is 8.49. The van der Waals surface area contributed by atoms with Gasteiger partial charge in [-0.1, -0.05) is 25.0 Å². The van der Waals surface area contributed by atoms with Crippen LogP contribution in [0, 0.1) is 5.92 Å². The van der Waals surface area contributed by atoms with Crippen molar-refractivity contribution in [2.75, 3.05) is 26.2 Å². The number of hydrogen-bond donors (Lipinski definition) is 1. The fourth-order valence-electron chi connectivity index (χ4n) is 3.86. The van der Waals surface area contributed by atoms with Gasteiger partial charge in [0.1, 0.15) is 0 Å². The molecule has 0 aliphatic carbocycles. The summed E-state index contributed by atoms with van der Waals surface area (Å²) in [5.74, 6) is 1.08. The Hall–Kier alpha value is -1.35. The molecule has 3 heteroatoms. The zero-order valence-corrected chi connectivity index (χ0v) is 14.2. The molecule has 0 unspecified atom stereocenters. The fourth-order valence-corrected chi connectivity index (χ4v) is 3.86. The number of piperidine rings is 1. The number of carbonyl (C=O) groups excluding carboxylic acids is 1.